The Bertz CT molecular complexity index is 726. The fourth-order valence-corrected chi connectivity index (χ4v) is 2.46. The molecule has 2 aromatic rings. The number of halogens is 5. The van der Waals surface area contributed by atoms with E-state index in [0.717, 1.165) is 12.1 Å². The Morgan fingerprint density at radius 3 is 2.52 bits per heavy atom. The van der Waals surface area contributed by atoms with Gasteiger partial charge in [-0.25, -0.2) is 9.37 Å². The summed E-state index contributed by atoms with van der Waals surface area (Å²) in [5.74, 6) is -1.04. The second-order valence-corrected chi connectivity index (χ2v) is 5.70. The molecule has 0 unspecified atom stereocenters. The number of hydrogen-bond donors (Lipinski definition) is 1. The Balaban J connectivity index is 2.12. The molecule has 0 fully saturated rings. The van der Waals surface area contributed by atoms with E-state index in [1.807, 2.05) is 0 Å². The maximum absolute atomic E-state index is 13.2. The van der Waals surface area contributed by atoms with Crippen LogP contribution in [0.1, 0.15) is 27.3 Å². The first-order valence-electron chi connectivity index (χ1n) is 6.45. The quantitative estimate of drug-likeness (QED) is 0.796. The van der Waals surface area contributed by atoms with Crippen molar-refractivity contribution in [1.29, 1.82) is 0 Å². The average Bonchev–Trinajstić information content (AvgIpc) is 2.42. The zero-order valence-electron chi connectivity index (χ0n) is 11.8. The molecule has 2 rings (SSSR count). The smallest absolute Gasteiger partial charge is 0.348 e. The maximum Gasteiger partial charge on any atom is 0.433 e. The summed E-state index contributed by atoms with van der Waals surface area (Å²) in [5.41, 5.74) is -0.533. The highest BCUT2D eigenvalue weighted by Gasteiger charge is 2.33. The van der Waals surface area contributed by atoms with E-state index in [-0.39, 0.29) is 17.8 Å². The summed E-state index contributed by atoms with van der Waals surface area (Å²) in [5, 5.41) is 2.52. The molecule has 1 heterocycles. The van der Waals surface area contributed by atoms with Crippen molar-refractivity contribution in [3.63, 3.8) is 0 Å². The molecule has 0 atom stereocenters. The minimum absolute atomic E-state index is 0.0299. The molecule has 8 heteroatoms. The zero-order chi connectivity index (χ0) is 17.2. The maximum atomic E-state index is 13.2. The summed E-state index contributed by atoms with van der Waals surface area (Å²) >= 11 is 3.13. The standard InChI is InChI=1S/C15H11BrF4N2O/c1-8-12(2-3-13(22-8)15(18,19)20)14(23)21-7-9-4-10(16)6-11(17)5-9/h2-6H,7H2,1H3,(H,21,23). The van der Waals surface area contributed by atoms with Gasteiger partial charge in [0.2, 0.25) is 0 Å². The van der Waals surface area contributed by atoms with Crippen LogP contribution in [0.25, 0.3) is 0 Å². The minimum atomic E-state index is -4.56. The third kappa shape index (κ3) is 4.51. The Hall–Kier alpha value is -1.96. The predicted molar refractivity (Wildman–Crippen MR) is 79.2 cm³/mol. The van der Waals surface area contributed by atoms with Crippen LogP contribution >= 0.6 is 15.9 Å². The van der Waals surface area contributed by atoms with Crippen LogP contribution in [0.5, 0.6) is 0 Å². The summed E-state index contributed by atoms with van der Waals surface area (Å²) in [6.45, 7) is 1.36. The van der Waals surface area contributed by atoms with E-state index in [1.165, 1.54) is 19.1 Å². The van der Waals surface area contributed by atoms with Gasteiger partial charge in [0, 0.05) is 11.0 Å². The molecule has 1 aromatic heterocycles. The Morgan fingerprint density at radius 2 is 1.96 bits per heavy atom. The molecular weight excluding hydrogens is 380 g/mol. The van der Waals surface area contributed by atoms with Gasteiger partial charge in [-0.1, -0.05) is 15.9 Å². The first-order valence-corrected chi connectivity index (χ1v) is 7.24. The van der Waals surface area contributed by atoms with Gasteiger partial charge in [-0.3, -0.25) is 4.79 Å². The van der Waals surface area contributed by atoms with Crippen LogP contribution in [-0.4, -0.2) is 10.9 Å². The van der Waals surface area contributed by atoms with Crippen LogP contribution in [0.2, 0.25) is 0 Å². The molecule has 122 valence electrons. The van der Waals surface area contributed by atoms with Crippen LogP contribution in [0.4, 0.5) is 17.6 Å². The molecule has 0 saturated heterocycles. The van der Waals surface area contributed by atoms with Crippen molar-refractivity contribution in [2.24, 2.45) is 0 Å². The topological polar surface area (TPSA) is 42.0 Å². The van der Waals surface area contributed by atoms with Gasteiger partial charge >= 0.3 is 6.18 Å². The molecule has 0 radical (unpaired) electrons. The van der Waals surface area contributed by atoms with Crippen molar-refractivity contribution < 1.29 is 22.4 Å². The second-order valence-electron chi connectivity index (χ2n) is 4.79. The number of pyridine rings is 1. The van der Waals surface area contributed by atoms with Gasteiger partial charge in [0.1, 0.15) is 11.5 Å². The molecule has 23 heavy (non-hydrogen) atoms. The summed E-state index contributed by atoms with van der Waals surface area (Å²) in [4.78, 5) is 15.4. The lowest BCUT2D eigenvalue weighted by atomic mass is 10.1. The molecule has 0 aliphatic carbocycles. The normalized spacial score (nSPS) is 11.4. The van der Waals surface area contributed by atoms with Crippen molar-refractivity contribution >= 4 is 21.8 Å². The average molecular weight is 391 g/mol. The first-order chi connectivity index (χ1) is 10.7. The monoisotopic (exact) mass is 390 g/mol. The second kappa shape index (κ2) is 6.66. The SMILES string of the molecule is Cc1nc(C(F)(F)F)ccc1C(=O)NCc1cc(F)cc(Br)c1. The van der Waals surface area contributed by atoms with Gasteiger partial charge in [-0.15, -0.1) is 0 Å². The molecule has 0 bridgehead atoms. The lowest BCUT2D eigenvalue weighted by Gasteiger charge is -2.11. The third-order valence-corrected chi connectivity index (χ3v) is 3.45. The number of alkyl halides is 3. The Morgan fingerprint density at radius 1 is 1.26 bits per heavy atom. The number of nitrogens with one attached hydrogen (secondary N) is 1. The molecule has 0 saturated carbocycles. The van der Waals surface area contributed by atoms with Crippen molar-refractivity contribution in [3.05, 3.63) is 63.1 Å². The van der Waals surface area contributed by atoms with E-state index in [1.54, 1.807) is 6.07 Å². The summed E-state index contributed by atoms with van der Waals surface area (Å²) < 4.78 is 51.4. The molecule has 0 aliphatic rings. The van der Waals surface area contributed by atoms with Gasteiger partial charge < -0.3 is 5.32 Å². The number of nitrogens with zero attached hydrogens (tertiary/aromatic N) is 1. The van der Waals surface area contributed by atoms with Gasteiger partial charge in [0.25, 0.3) is 5.91 Å². The van der Waals surface area contributed by atoms with E-state index in [0.29, 0.717) is 10.0 Å². The molecule has 1 N–H and O–H groups in total. The van der Waals surface area contributed by atoms with Crippen LogP contribution in [0.3, 0.4) is 0 Å². The van der Waals surface area contributed by atoms with E-state index in [9.17, 15) is 22.4 Å². The summed E-state index contributed by atoms with van der Waals surface area (Å²) in [6, 6.07) is 5.97. The van der Waals surface area contributed by atoms with E-state index >= 15 is 0 Å². The number of rotatable bonds is 3. The van der Waals surface area contributed by atoms with Crippen molar-refractivity contribution in [3.8, 4) is 0 Å². The van der Waals surface area contributed by atoms with Gasteiger partial charge in [0.15, 0.2) is 0 Å². The lowest BCUT2D eigenvalue weighted by Crippen LogP contribution is -2.24. The van der Waals surface area contributed by atoms with Crippen LogP contribution < -0.4 is 5.32 Å². The van der Waals surface area contributed by atoms with Crippen molar-refractivity contribution in [2.45, 2.75) is 19.6 Å². The number of carbonyl (C=O) groups is 1. The number of aromatic nitrogens is 1. The number of hydrogen-bond acceptors (Lipinski definition) is 2. The van der Waals surface area contributed by atoms with Gasteiger partial charge in [0.05, 0.1) is 11.3 Å². The predicted octanol–water partition coefficient (Wildman–Crippen LogP) is 4.24. The molecule has 0 aliphatic heterocycles. The highest BCUT2D eigenvalue weighted by atomic mass is 79.9. The highest BCUT2D eigenvalue weighted by Crippen LogP contribution is 2.28. The molecular formula is C15H11BrF4N2O. The number of benzene rings is 1. The lowest BCUT2D eigenvalue weighted by molar-refractivity contribution is -0.141. The molecule has 1 amide bonds. The first kappa shape index (κ1) is 17.4. The van der Waals surface area contributed by atoms with E-state index in [2.05, 4.69) is 26.2 Å². The van der Waals surface area contributed by atoms with Gasteiger partial charge in [-0.2, -0.15) is 13.2 Å². The summed E-state index contributed by atoms with van der Waals surface area (Å²) in [6.07, 6.45) is -4.56. The number of carbonyl (C=O) groups excluding carboxylic acids is 1. The third-order valence-electron chi connectivity index (χ3n) is 3.00. The fraction of sp³-hybridized carbons (Fsp3) is 0.200. The zero-order valence-corrected chi connectivity index (χ0v) is 13.4. The fourth-order valence-electron chi connectivity index (χ4n) is 1.95. The van der Waals surface area contributed by atoms with E-state index < -0.39 is 23.6 Å². The van der Waals surface area contributed by atoms with Crippen molar-refractivity contribution in [2.75, 3.05) is 0 Å². The highest BCUT2D eigenvalue weighted by molar-refractivity contribution is 9.10. The number of amides is 1. The van der Waals surface area contributed by atoms with Crippen LogP contribution in [-0.2, 0) is 12.7 Å². The molecule has 3 nitrogen and oxygen atoms in total. The van der Waals surface area contributed by atoms with E-state index in [4.69, 9.17) is 0 Å². The summed E-state index contributed by atoms with van der Waals surface area (Å²) in [7, 11) is 0. The largest absolute Gasteiger partial charge is 0.433 e. The van der Waals surface area contributed by atoms with Crippen LogP contribution in [0, 0.1) is 12.7 Å². The Labute approximate surface area is 137 Å². The minimum Gasteiger partial charge on any atom is -0.348 e. The molecule has 1 aromatic carbocycles. The number of aryl methyl sites for hydroxylation is 1. The van der Waals surface area contributed by atoms with Crippen molar-refractivity contribution in [1.82, 2.24) is 10.3 Å². The Kier molecular flexibility index (Phi) is 5.03. The molecule has 0 spiro atoms. The van der Waals surface area contributed by atoms with Crippen LogP contribution in [0.15, 0.2) is 34.8 Å². The van der Waals surface area contributed by atoms with Gasteiger partial charge in [-0.05, 0) is 42.8 Å².